The van der Waals surface area contributed by atoms with E-state index in [-0.39, 0.29) is 0 Å². The Balaban J connectivity index is 2.80. The Bertz CT molecular complexity index is 346. The predicted octanol–water partition coefficient (Wildman–Crippen LogP) is 4.25. The zero-order chi connectivity index (χ0) is 12.8. The Labute approximate surface area is 110 Å². The predicted molar refractivity (Wildman–Crippen MR) is 78.3 cm³/mol. The first-order valence-electron chi connectivity index (χ1n) is 6.29. The van der Waals surface area contributed by atoms with E-state index in [1.807, 2.05) is 26.2 Å². The van der Waals surface area contributed by atoms with E-state index in [0.717, 1.165) is 28.9 Å². The van der Waals surface area contributed by atoms with Gasteiger partial charge in [-0.3, -0.25) is 0 Å². The number of hydrogen-bond donors (Lipinski definition) is 1. The van der Waals surface area contributed by atoms with Crippen molar-refractivity contribution >= 4 is 23.0 Å². The first-order chi connectivity index (χ1) is 8.10. The molecule has 0 aliphatic carbocycles. The number of nitrogens with zero attached hydrogens (tertiary/aromatic N) is 1. The molecule has 1 rings (SSSR count). The summed E-state index contributed by atoms with van der Waals surface area (Å²) in [5, 5.41) is 4.31. The smallest absolute Gasteiger partial charge is 0.0786 e. The standard InChI is InChI=1S/C14H23ClN2/c1-5-11(6-2)10-16-13-9-7-8-12(15)14(13)17(3)4/h7-9,11,16H,5-6,10H2,1-4H3. The molecule has 0 heterocycles. The van der Waals surface area contributed by atoms with Gasteiger partial charge in [-0.1, -0.05) is 44.4 Å². The highest BCUT2D eigenvalue weighted by atomic mass is 35.5. The number of benzene rings is 1. The topological polar surface area (TPSA) is 15.3 Å². The van der Waals surface area contributed by atoms with Crippen molar-refractivity contribution in [1.29, 1.82) is 0 Å². The molecule has 0 aromatic heterocycles. The maximum atomic E-state index is 6.23. The fourth-order valence-electron chi connectivity index (χ4n) is 1.94. The maximum absolute atomic E-state index is 6.23. The zero-order valence-electron chi connectivity index (χ0n) is 11.3. The minimum Gasteiger partial charge on any atom is -0.383 e. The van der Waals surface area contributed by atoms with Crippen LogP contribution in [-0.2, 0) is 0 Å². The molecule has 96 valence electrons. The highest BCUT2D eigenvalue weighted by molar-refractivity contribution is 6.34. The average molecular weight is 255 g/mol. The molecule has 3 heteroatoms. The highest BCUT2D eigenvalue weighted by Crippen LogP contribution is 2.32. The molecule has 1 N–H and O–H groups in total. The molecular formula is C14H23ClN2. The third kappa shape index (κ3) is 3.81. The van der Waals surface area contributed by atoms with Gasteiger partial charge in [-0.15, -0.1) is 0 Å². The first kappa shape index (κ1) is 14.2. The zero-order valence-corrected chi connectivity index (χ0v) is 12.0. The minimum absolute atomic E-state index is 0.726. The number of halogens is 1. The average Bonchev–Trinajstić information content (AvgIpc) is 2.29. The molecule has 0 aliphatic rings. The lowest BCUT2D eigenvalue weighted by molar-refractivity contribution is 0.519. The van der Waals surface area contributed by atoms with E-state index in [4.69, 9.17) is 11.6 Å². The summed E-state index contributed by atoms with van der Waals surface area (Å²) in [7, 11) is 4.03. The van der Waals surface area contributed by atoms with Crippen molar-refractivity contribution in [1.82, 2.24) is 0 Å². The number of nitrogens with one attached hydrogen (secondary N) is 1. The van der Waals surface area contributed by atoms with Crippen molar-refractivity contribution in [2.24, 2.45) is 5.92 Å². The SMILES string of the molecule is CCC(CC)CNc1cccc(Cl)c1N(C)C. The summed E-state index contributed by atoms with van der Waals surface area (Å²) in [6.07, 6.45) is 2.42. The summed E-state index contributed by atoms with van der Waals surface area (Å²) in [4.78, 5) is 2.05. The Morgan fingerprint density at radius 2 is 1.88 bits per heavy atom. The molecule has 0 radical (unpaired) electrons. The summed E-state index contributed by atoms with van der Waals surface area (Å²) in [6, 6.07) is 6.01. The van der Waals surface area contributed by atoms with Gasteiger partial charge in [-0.25, -0.2) is 0 Å². The molecule has 1 aromatic rings. The molecule has 0 saturated carbocycles. The second kappa shape index (κ2) is 6.75. The van der Waals surface area contributed by atoms with Crippen molar-refractivity contribution in [3.8, 4) is 0 Å². The lowest BCUT2D eigenvalue weighted by Gasteiger charge is -2.21. The fraction of sp³-hybridized carbons (Fsp3) is 0.571. The van der Waals surface area contributed by atoms with Gasteiger partial charge in [0.15, 0.2) is 0 Å². The van der Waals surface area contributed by atoms with Crippen LogP contribution in [0.3, 0.4) is 0 Å². The van der Waals surface area contributed by atoms with E-state index in [1.54, 1.807) is 0 Å². The molecule has 0 atom stereocenters. The van der Waals surface area contributed by atoms with Crippen molar-refractivity contribution in [2.75, 3.05) is 30.9 Å². The number of rotatable bonds is 6. The molecule has 0 spiro atoms. The van der Waals surface area contributed by atoms with Gasteiger partial charge in [0.1, 0.15) is 0 Å². The number of hydrogen-bond acceptors (Lipinski definition) is 2. The molecule has 17 heavy (non-hydrogen) atoms. The van der Waals surface area contributed by atoms with Crippen molar-refractivity contribution in [3.63, 3.8) is 0 Å². The van der Waals surface area contributed by atoms with Gasteiger partial charge in [0, 0.05) is 20.6 Å². The molecule has 0 amide bonds. The van der Waals surface area contributed by atoms with Crippen LogP contribution in [0.5, 0.6) is 0 Å². The van der Waals surface area contributed by atoms with Crippen LogP contribution < -0.4 is 10.2 Å². The van der Waals surface area contributed by atoms with Crippen LogP contribution >= 0.6 is 11.6 Å². The van der Waals surface area contributed by atoms with E-state index < -0.39 is 0 Å². The molecule has 0 unspecified atom stereocenters. The van der Waals surface area contributed by atoms with Crippen LogP contribution in [0.2, 0.25) is 5.02 Å². The minimum atomic E-state index is 0.726. The summed E-state index contributed by atoms with van der Waals surface area (Å²) < 4.78 is 0. The first-order valence-corrected chi connectivity index (χ1v) is 6.67. The molecule has 0 bridgehead atoms. The van der Waals surface area contributed by atoms with Crippen LogP contribution in [0.4, 0.5) is 11.4 Å². The monoisotopic (exact) mass is 254 g/mol. The molecular weight excluding hydrogens is 232 g/mol. The quantitative estimate of drug-likeness (QED) is 0.816. The van der Waals surface area contributed by atoms with Crippen LogP contribution in [0.1, 0.15) is 26.7 Å². The van der Waals surface area contributed by atoms with Crippen LogP contribution in [0.15, 0.2) is 18.2 Å². The van der Waals surface area contributed by atoms with E-state index in [0.29, 0.717) is 0 Å². The van der Waals surface area contributed by atoms with Gasteiger partial charge >= 0.3 is 0 Å². The molecule has 2 nitrogen and oxygen atoms in total. The summed E-state index contributed by atoms with van der Waals surface area (Å²) in [5.74, 6) is 0.726. The van der Waals surface area contributed by atoms with Crippen LogP contribution in [0, 0.1) is 5.92 Å². The Kier molecular flexibility index (Phi) is 5.63. The van der Waals surface area contributed by atoms with Gasteiger partial charge in [0.05, 0.1) is 16.4 Å². The lowest BCUT2D eigenvalue weighted by Crippen LogP contribution is -2.16. The van der Waals surface area contributed by atoms with E-state index >= 15 is 0 Å². The third-order valence-corrected chi connectivity index (χ3v) is 3.47. The molecule has 0 saturated heterocycles. The second-order valence-electron chi connectivity index (χ2n) is 4.59. The third-order valence-electron chi connectivity index (χ3n) is 3.17. The van der Waals surface area contributed by atoms with E-state index in [2.05, 4.69) is 30.1 Å². The van der Waals surface area contributed by atoms with Gasteiger partial charge < -0.3 is 10.2 Å². The Hall–Kier alpha value is -0.890. The van der Waals surface area contributed by atoms with E-state index in [9.17, 15) is 0 Å². The molecule has 0 fully saturated rings. The lowest BCUT2D eigenvalue weighted by atomic mass is 10.0. The van der Waals surface area contributed by atoms with Crippen molar-refractivity contribution in [2.45, 2.75) is 26.7 Å². The molecule has 1 aromatic carbocycles. The Morgan fingerprint density at radius 3 is 2.41 bits per heavy atom. The van der Waals surface area contributed by atoms with Crippen molar-refractivity contribution < 1.29 is 0 Å². The van der Waals surface area contributed by atoms with Crippen LogP contribution in [-0.4, -0.2) is 20.6 Å². The van der Waals surface area contributed by atoms with Gasteiger partial charge in [0.2, 0.25) is 0 Å². The Morgan fingerprint density at radius 1 is 1.24 bits per heavy atom. The number of anilines is 2. The van der Waals surface area contributed by atoms with E-state index in [1.165, 1.54) is 12.8 Å². The van der Waals surface area contributed by atoms with Gasteiger partial charge in [-0.2, -0.15) is 0 Å². The van der Waals surface area contributed by atoms with Gasteiger partial charge in [-0.05, 0) is 18.1 Å². The van der Waals surface area contributed by atoms with Crippen molar-refractivity contribution in [3.05, 3.63) is 23.2 Å². The molecule has 0 aliphatic heterocycles. The van der Waals surface area contributed by atoms with Crippen LogP contribution in [0.25, 0.3) is 0 Å². The summed E-state index contributed by atoms with van der Waals surface area (Å²) in [6.45, 7) is 5.48. The highest BCUT2D eigenvalue weighted by Gasteiger charge is 2.10. The number of para-hydroxylation sites is 1. The maximum Gasteiger partial charge on any atom is 0.0786 e. The summed E-state index contributed by atoms with van der Waals surface area (Å²) in [5.41, 5.74) is 2.19. The van der Waals surface area contributed by atoms with Gasteiger partial charge in [0.25, 0.3) is 0 Å². The second-order valence-corrected chi connectivity index (χ2v) is 5.00. The fourth-order valence-corrected chi connectivity index (χ4v) is 2.29. The normalized spacial score (nSPS) is 10.7. The largest absolute Gasteiger partial charge is 0.383 e. The summed E-state index contributed by atoms with van der Waals surface area (Å²) >= 11 is 6.23.